The summed E-state index contributed by atoms with van der Waals surface area (Å²) in [6, 6.07) is 9.02. The summed E-state index contributed by atoms with van der Waals surface area (Å²) < 4.78 is 5.50. The summed E-state index contributed by atoms with van der Waals surface area (Å²) in [5, 5.41) is 4.04. The van der Waals surface area contributed by atoms with Gasteiger partial charge in [-0.3, -0.25) is 9.78 Å². The summed E-state index contributed by atoms with van der Waals surface area (Å²) in [5.74, 6) is 1.16. The highest BCUT2D eigenvalue weighted by molar-refractivity contribution is 5.80. The number of aryl methyl sites for hydroxylation is 1. The van der Waals surface area contributed by atoms with Gasteiger partial charge in [0.15, 0.2) is 0 Å². The van der Waals surface area contributed by atoms with Crippen LogP contribution in [0.4, 0.5) is 5.95 Å². The molecule has 21 heavy (non-hydrogen) atoms. The molecule has 1 aromatic heterocycles. The van der Waals surface area contributed by atoms with E-state index in [1.165, 1.54) is 6.07 Å². The third-order valence-electron chi connectivity index (χ3n) is 2.61. The summed E-state index contributed by atoms with van der Waals surface area (Å²) in [5.41, 5.74) is 4.04. The molecule has 0 bridgehead atoms. The van der Waals surface area contributed by atoms with Crippen molar-refractivity contribution in [1.82, 2.24) is 9.97 Å². The fourth-order valence-corrected chi connectivity index (χ4v) is 1.67. The Labute approximate surface area is 122 Å². The molecule has 2 rings (SSSR count). The Hall–Kier alpha value is -2.63. The van der Waals surface area contributed by atoms with Gasteiger partial charge in [-0.05, 0) is 43.2 Å². The lowest BCUT2D eigenvalue weighted by molar-refractivity contribution is 0.317. The maximum absolute atomic E-state index is 11.3. The fraction of sp³-hybridized carbons (Fsp3) is 0.267. The van der Waals surface area contributed by atoms with E-state index in [0.717, 1.165) is 17.7 Å². The maximum atomic E-state index is 11.3. The van der Waals surface area contributed by atoms with Gasteiger partial charge in [0.1, 0.15) is 5.75 Å². The molecular formula is C15H18N4O2. The van der Waals surface area contributed by atoms with E-state index in [9.17, 15) is 4.79 Å². The minimum absolute atomic E-state index is 0.211. The number of hydrazone groups is 1. The highest BCUT2D eigenvalue weighted by atomic mass is 16.5. The van der Waals surface area contributed by atoms with Gasteiger partial charge < -0.3 is 4.74 Å². The van der Waals surface area contributed by atoms with Crippen LogP contribution in [0.3, 0.4) is 0 Å². The third kappa shape index (κ3) is 4.76. The molecule has 0 spiro atoms. The highest BCUT2D eigenvalue weighted by Crippen LogP contribution is 2.11. The zero-order valence-corrected chi connectivity index (χ0v) is 12.1. The first-order chi connectivity index (χ1) is 10.2. The average molecular weight is 286 g/mol. The third-order valence-corrected chi connectivity index (χ3v) is 2.61. The van der Waals surface area contributed by atoms with Gasteiger partial charge in [-0.15, -0.1) is 0 Å². The van der Waals surface area contributed by atoms with E-state index in [-0.39, 0.29) is 5.56 Å². The zero-order chi connectivity index (χ0) is 15.1. The Kier molecular flexibility index (Phi) is 5.09. The van der Waals surface area contributed by atoms with Crippen LogP contribution in [0, 0.1) is 6.92 Å². The molecule has 0 saturated carbocycles. The number of rotatable bonds is 6. The van der Waals surface area contributed by atoms with Crippen molar-refractivity contribution in [2.75, 3.05) is 12.0 Å². The van der Waals surface area contributed by atoms with Crippen LogP contribution < -0.4 is 15.7 Å². The number of ether oxygens (including phenoxy) is 1. The number of nitrogens with one attached hydrogen (secondary N) is 2. The molecule has 0 amide bonds. The van der Waals surface area contributed by atoms with E-state index in [2.05, 4.69) is 27.4 Å². The van der Waals surface area contributed by atoms with E-state index < -0.39 is 0 Å². The monoisotopic (exact) mass is 286 g/mol. The highest BCUT2D eigenvalue weighted by Gasteiger charge is 1.96. The van der Waals surface area contributed by atoms with E-state index in [1.54, 1.807) is 13.1 Å². The molecule has 6 heteroatoms. The lowest BCUT2D eigenvalue weighted by atomic mass is 10.2. The lowest BCUT2D eigenvalue weighted by Gasteiger charge is -2.04. The molecule has 0 unspecified atom stereocenters. The summed E-state index contributed by atoms with van der Waals surface area (Å²) >= 11 is 0. The first-order valence-corrected chi connectivity index (χ1v) is 6.77. The van der Waals surface area contributed by atoms with Crippen LogP contribution >= 0.6 is 0 Å². The number of aromatic amines is 1. The number of H-pyrrole nitrogens is 1. The first-order valence-electron chi connectivity index (χ1n) is 6.77. The predicted molar refractivity (Wildman–Crippen MR) is 83.0 cm³/mol. The largest absolute Gasteiger partial charge is 0.494 e. The molecular weight excluding hydrogens is 268 g/mol. The van der Waals surface area contributed by atoms with Crippen molar-refractivity contribution in [3.05, 3.63) is 51.9 Å². The van der Waals surface area contributed by atoms with Crippen molar-refractivity contribution in [2.45, 2.75) is 20.3 Å². The molecule has 110 valence electrons. The van der Waals surface area contributed by atoms with Crippen molar-refractivity contribution < 1.29 is 4.74 Å². The second-order valence-corrected chi connectivity index (χ2v) is 4.52. The number of anilines is 1. The van der Waals surface area contributed by atoms with Gasteiger partial charge >= 0.3 is 0 Å². The maximum Gasteiger partial charge on any atom is 0.252 e. The predicted octanol–water partition coefficient (Wildman–Crippen LogP) is 2.31. The van der Waals surface area contributed by atoms with Crippen LogP contribution in [-0.2, 0) is 0 Å². The summed E-state index contributed by atoms with van der Waals surface area (Å²) in [4.78, 5) is 17.9. The van der Waals surface area contributed by atoms with Crippen molar-refractivity contribution in [2.24, 2.45) is 5.10 Å². The van der Waals surface area contributed by atoms with Gasteiger partial charge in [0.05, 0.1) is 12.8 Å². The molecule has 0 aliphatic carbocycles. The normalized spacial score (nSPS) is 10.8. The van der Waals surface area contributed by atoms with Crippen LogP contribution in [0.2, 0.25) is 0 Å². The standard InChI is InChI=1S/C15H18N4O2/c1-3-8-21-13-6-4-12(5-7-13)10-16-19-15-17-11(2)9-14(20)18-15/h4-7,9-10H,3,8H2,1-2H3,(H2,17,18,19,20)/b16-10+. The molecule has 0 aliphatic rings. The van der Waals surface area contributed by atoms with E-state index in [4.69, 9.17) is 4.74 Å². The molecule has 0 aliphatic heterocycles. The van der Waals surface area contributed by atoms with E-state index in [0.29, 0.717) is 18.2 Å². The van der Waals surface area contributed by atoms with Crippen LogP contribution in [-0.4, -0.2) is 22.8 Å². The van der Waals surface area contributed by atoms with E-state index >= 15 is 0 Å². The number of aromatic nitrogens is 2. The van der Waals surface area contributed by atoms with E-state index in [1.807, 2.05) is 24.3 Å². The molecule has 6 nitrogen and oxygen atoms in total. The summed E-state index contributed by atoms with van der Waals surface area (Å²) in [6.45, 7) is 4.52. The summed E-state index contributed by atoms with van der Waals surface area (Å²) in [6.07, 6.45) is 2.63. The number of benzene rings is 1. The Morgan fingerprint density at radius 1 is 1.38 bits per heavy atom. The molecule has 2 N–H and O–H groups in total. The quantitative estimate of drug-likeness (QED) is 0.631. The Balaban J connectivity index is 1.96. The minimum atomic E-state index is -0.211. The fourth-order valence-electron chi connectivity index (χ4n) is 1.67. The zero-order valence-electron chi connectivity index (χ0n) is 12.1. The summed E-state index contributed by atoms with van der Waals surface area (Å²) in [7, 11) is 0. The van der Waals surface area contributed by atoms with Crippen molar-refractivity contribution in [3.8, 4) is 5.75 Å². The number of hydrogen-bond acceptors (Lipinski definition) is 5. The minimum Gasteiger partial charge on any atom is -0.494 e. The number of hydrogen-bond donors (Lipinski definition) is 2. The molecule has 1 aromatic carbocycles. The van der Waals surface area contributed by atoms with Gasteiger partial charge in [0, 0.05) is 11.8 Å². The molecule has 0 saturated heterocycles. The molecule has 0 radical (unpaired) electrons. The number of nitrogens with zero attached hydrogens (tertiary/aromatic N) is 2. The van der Waals surface area contributed by atoms with Gasteiger partial charge in [0.25, 0.3) is 5.56 Å². The smallest absolute Gasteiger partial charge is 0.252 e. The van der Waals surface area contributed by atoms with Crippen molar-refractivity contribution >= 4 is 12.2 Å². The first kappa shape index (κ1) is 14.8. The second kappa shape index (κ2) is 7.23. The van der Waals surface area contributed by atoms with Crippen molar-refractivity contribution in [3.63, 3.8) is 0 Å². The Morgan fingerprint density at radius 2 is 2.14 bits per heavy atom. The van der Waals surface area contributed by atoms with Crippen LogP contribution in [0.5, 0.6) is 5.75 Å². The average Bonchev–Trinajstić information content (AvgIpc) is 2.45. The SMILES string of the molecule is CCCOc1ccc(/C=N/Nc2nc(C)cc(=O)[nH]2)cc1. The van der Waals surface area contributed by atoms with Gasteiger partial charge in [-0.25, -0.2) is 10.4 Å². The topological polar surface area (TPSA) is 79.4 Å². The van der Waals surface area contributed by atoms with Gasteiger partial charge in [0.2, 0.25) is 5.95 Å². The van der Waals surface area contributed by atoms with Crippen LogP contribution in [0.25, 0.3) is 0 Å². The van der Waals surface area contributed by atoms with Crippen LogP contribution in [0.1, 0.15) is 24.6 Å². The van der Waals surface area contributed by atoms with Gasteiger partial charge in [-0.1, -0.05) is 6.92 Å². The van der Waals surface area contributed by atoms with Gasteiger partial charge in [-0.2, -0.15) is 5.10 Å². The Bertz CT molecular complexity index is 662. The lowest BCUT2D eigenvalue weighted by Crippen LogP contribution is -2.10. The molecule has 2 aromatic rings. The van der Waals surface area contributed by atoms with Crippen molar-refractivity contribution in [1.29, 1.82) is 0 Å². The van der Waals surface area contributed by atoms with Crippen LogP contribution in [0.15, 0.2) is 40.2 Å². The Morgan fingerprint density at radius 3 is 2.81 bits per heavy atom. The second-order valence-electron chi connectivity index (χ2n) is 4.52. The molecule has 1 heterocycles. The molecule has 0 atom stereocenters. The molecule has 0 fully saturated rings.